The van der Waals surface area contributed by atoms with Crippen molar-refractivity contribution in [1.29, 1.82) is 0 Å². The molecule has 21 heavy (non-hydrogen) atoms. The topological polar surface area (TPSA) is 125 Å². The number of aliphatic hydroxyl groups excluding tert-OH is 3. The zero-order chi connectivity index (χ0) is 15.7. The van der Waals surface area contributed by atoms with E-state index in [2.05, 4.69) is 4.98 Å². The van der Waals surface area contributed by atoms with Crippen molar-refractivity contribution >= 4 is 48.8 Å². The molecular weight excluding hydrogens is 510 g/mol. The maximum atomic E-state index is 11.9. The van der Waals surface area contributed by atoms with Gasteiger partial charge in [0, 0.05) is 9.78 Å². The standard InChI is InChI=1S/C11H12I2N2O6/c12-1-5(13)4-2-15(11(20)14-9(4)19)10-8(18)7(17)6(3-16)21-10/h1-2,6-8,10,16-18H,3H2,(H,14,19,20)/b5-1+/t6-,7-,8-,10+/m1/s1. The minimum Gasteiger partial charge on any atom is -0.394 e. The van der Waals surface area contributed by atoms with Gasteiger partial charge in [0.05, 0.1) is 12.2 Å². The summed E-state index contributed by atoms with van der Waals surface area (Å²) < 4.78 is 8.54. The van der Waals surface area contributed by atoms with Crippen LogP contribution >= 0.6 is 45.2 Å². The van der Waals surface area contributed by atoms with Crippen LogP contribution in [0.4, 0.5) is 0 Å². The van der Waals surface area contributed by atoms with Crippen molar-refractivity contribution in [2.75, 3.05) is 6.61 Å². The average molecular weight is 522 g/mol. The maximum Gasteiger partial charge on any atom is 0.330 e. The summed E-state index contributed by atoms with van der Waals surface area (Å²) in [5, 5.41) is 28.7. The Balaban J connectivity index is 2.50. The summed E-state index contributed by atoms with van der Waals surface area (Å²) in [6.45, 7) is -0.495. The van der Waals surface area contributed by atoms with Crippen LogP contribution in [-0.4, -0.2) is 49.8 Å². The van der Waals surface area contributed by atoms with Gasteiger partial charge in [0.1, 0.15) is 18.3 Å². The molecule has 1 aliphatic heterocycles. The Morgan fingerprint density at radius 3 is 2.62 bits per heavy atom. The van der Waals surface area contributed by atoms with Gasteiger partial charge in [-0.3, -0.25) is 14.3 Å². The summed E-state index contributed by atoms with van der Waals surface area (Å²) in [7, 11) is 0. The molecule has 1 aromatic rings. The molecule has 0 saturated carbocycles. The van der Waals surface area contributed by atoms with Gasteiger partial charge in [-0.1, -0.05) is 22.6 Å². The van der Waals surface area contributed by atoms with E-state index < -0.39 is 42.4 Å². The van der Waals surface area contributed by atoms with Crippen LogP contribution in [0.3, 0.4) is 0 Å². The fourth-order valence-corrected chi connectivity index (χ4v) is 2.73. The predicted molar refractivity (Wildman–Crippen MR) is 90.3 cm³/mol. The molecule has 8 nitrogen and oxygen atoms in total. The third kappa shape index (κ3) is 3.24. The van der Waals surface area contributed by atoms with E-state index >= 15 is 0 Å². The smallest absolute Gasteiger partial charge is 0.330 e. The zero-order valence-electron chi connectivity index (χ0n) is 10.4. The molecule has 1 fully saturated rings. The van der Waals surface area contributed by atoms with Gasteiger partial charge in [-0.25, -0.2) is 4.79 Å². The van der Waals surface area contributed by atoms with Crippen LogP contribution in [0, 0.1) is 0 Å². The number of H-pyrrole nitrogens is 1. The highest BCUT2D eigenvalue weighted by Gasteiger charge is 2.43. The minimum absolute atomic E-state index is 0.238. The van der Waals surface area contributed by atoms with Crippen LogP contribution in [-0.2, 0) is 4.74 Å². The number of hydrogen-bond acceptors (Lipinski definition) is 6. The van der Waals surface area contributed by atoms with Crippen molar-refractivity contribution in [2.24, 2.45) is 0 Å². The van der Waals surface area contributed by atoms with Crippen LogP contribution in [0.5, 0.6) is 0 Å². The third-order valence-corrected chi connectivity index (χ3v) is 5.82. The molecule has 2 heterocycles. The highest BCUT2D eigenvalue weighted by Crippen LogP contribution is 2.29. The molecule has 0 unspecified atom stereocenters. The number of rotatable bonds is 3. The molecule has 0 radical (unpaired) electrons. The Kier molecular flexibility index (Phi) is 5.59. The van der Waals surface area contributed by atoms with Crippen LogP contribution in [0.2, 0.25) is 0 Å². The summed E-state index contributed by atoms with van der Waals surface area (Å²) in [6, 6.07) is 0. The van der Waals surface area contributed by atoms with Gasteiger partial charge in [-0.15, -0.1) is 0 Å². The van der Waals surface area contributed by atoms with Crippen molar-refractivity contribution in [3.63, 3.8) is 0 Å². The largest absolute Gasteiger partial charge is 0.394 e. The molecule has 1 aromatic heterocycles. The fourth-order valence-electron chi connectivity index (χ4n) is 2.01. The Morgan fingerprint density at radius 1 is 1.43 bits per heavy atom. The van der Waals surface area contributed by atoms with Crippen molar-refractivity contribution < 1.29 is 20.1 Å². The van der Waals surface area contributed by atoms with Crippen molar-refractivity contribution in [1.82, 2.24) is 9.55 Å². The lowest BCUT2D eigenvalue weighted by atomic mass is 10.1. The minimum atomic E-state index is -1.39. The molecule has 0 aromatic carbocycles. The van der Waals surface area contributed by atoms with Crippen LogP contribution in [0.1, 0.15) is 11.8 Å². The van der Waals surface area contributed by atoms with Gasteiger partial charge in [0.15, 0.2) is 6.23 Å². The highest BCUT2D eigenvalue weighted by atomic mass is 127. The van der Waals surface area contributed by atoms with E-state index in [9.17, 15) is 19.8 Å². The van der Waals surface area contributed by atoms with Gasteiger partial charge in [0.25, 0.3) is 5.56 Å². The van der Waals surface area contributed by atoms with E-state index in [4.69, 9.17) is 9.84 Å². The van der Waals surface area contributed by atoms with Gasteiger partial charge in [0.2, 0.25) is 0 Å². The number of hydrogen-bond donors (Lipinski definition) is 4. The van der Waals surface area contributed by atoms with E-state index in [1.807, 2.05) is 45.2 Å². The lowest BCUT2D eigenvalue weighted by molar-refractivity contribution is -0.0550. The molecule has 0 amide bonds. The first-order valence-electron chi connectivity index (χ1n) is 5.85. The second-order valence-electron chi connectivity index (χ2n) is 4.40. The van der Waals surface area contributed by atoms with Crippen LogP contribution in [0.25, 0.3) is 3.58 Å². The van der Waals surface area contributed by atoms with Crippen LogP contribution < -0.4 is 11.2 Å². The molecule has 0 bridgehead atoms. The van der Waals surface area contributed by atoms with E-state index in [0.717, 1.165) is 4.57 Å². The molecule has 4 N–H and O–H groups in total. The predicted octanol–water partition coefficient (Wildman–Crippen LogP) is -0.683. The van der Waals surface area contributed by atoms with Crippen LogP contribution in [0.15, 0.2) is 19.9 Å². The Bertz CT molecular complexity index is 669. The van der Waals surface area contributed by atoms with E-state index in [-0.39, 0.29) is 5.56 Å². The Hall–Kier alpha value is -0.280. The Labute approximate surface area is 145 Å². The molecular formula is C11H12I2N2O6. The zero-order valence-corrected chi connectivity index (χ0v) is 14.8. The highest BCUT2D eigenvalue weighted by molar-refractivity contribution is 14.1. The molecule has 1 aliphatic rings. The van der Waals surface area contributed by atoms with Crippen molar-refractivity contribution in [3.05, 3.63) is 36.7 Å². The summed E-state index contributed by atoms with van der Waals surface area (Å²) in [5.41, 5.74) is -1.08. The number of aromatic nitrogens is 2. The Morgan fingerprint density at radius 2 is 2.10 bits per heavy atom. The third-order valence-electron chi connectivity index (χ3n) is 3.11. The lowest BCUT2D eigenvalue weighted by Crippen LogP contribution is -2.38. The molecule has 116 valence electrons. The number of aliphatic hydroxyl groups is 3. The molecule has 4 atom stereocenters. The maximum absolute atomic E-state index is 11.9. The molecule has 0 spiro atoms. The summed E-state index contributed by atoms with van der Waals surface area (Å²) in [6.07, 6.45) is -3.62. The number of halogens is 2. The summed E-state index contributed by atoms with van der Waals surface area (Å²) >= 11 is 3.89. The molecule has 1 saturated heterocycles. The first-order valence-corrected chi connectivity index (χ1v) is 8.17. The first-order chi connectivity index (χ1) is 9.90. The first kappa shape index (κ1) is 17.1. The monoisotopic (exact) mass is 522 g/mol. The van der Waals surface area contributed by atoms with Gasteiger partial charge >= 0.3 is 5.69 Å². The van der Waals surface area contributed by atoms with E-state index in [1.165, 1.54) is 6.20 Å². The quantitative estimate of drug-likeness (QED) is 0.391. The second-order valence-corrected chi connectivity index (χ2v) is 6.18. The fraction of sp³-hybridized carbons (Fsp3) is 0.455. The van der Waals surface area contributed by atoms with Gasteiger partial charge < -0.3 is 20.1 Å². The molecule has 0 aliphatic carbocycles. The van der Waals surface area contributed by atoms with Crippen molar-refractivity contribution in [2.45, 2.75) is 24.5 Å². The normalized spacial score (nSPS) is 29.9. The summed E-state index contributed by atoms with van der Waals surface area (Å²) in [4.78, 5) is 25.8. The number of aromatic amines is 1. The lowest BCUT2D eigenvalue weighted by Gasteiger charge is -2.17. The number of ether oxygens (including phenoxy) is 1. The molecule has 10 heteroatoms. The number of nitrogens with one attached hydrogen (secondary N) is 1. The van der Waals surface area contributed by atoms with E-state index in [0.29, 0.717) is 3.58 Å². The average Bonchev–Trinajstić information content (AvgIpc) is 2.74. The van der Waals surface area contributed by atoms with E-state index in [1.54, 1.807) is 4.08 Å². The SMILES string of the molecule is O=c1[nH]c(=O)n([C@H]2O[C@H](CO)[C@@H](O)[C@H]2O)cc1/C(I)=C\I. The summed E-state index contributed by atoms with van der Waals surface area (Å²) in [5.74, 6) is 0. The number of nitrogens with zero attached hydrogens (tertiary/aromatic N) is 1. The van der Waals surface area contributed by atoms with Gasteiger partial charge in [-0.05, 0) is 26.7 Å². The second kappa shape index (κ2) is 6.87. The van der Waals surface area contributed by atoms with Gasteiger partial charge in [-0.2, -0.15) is 0 Å². The van der Waals surface area contributed by atoms with Crippen molar-refractivity contribution in [3.8, 4) is 0 Å². The molecule has 2 rings (SSSR count).